The first kappa shape index (κ1) is 65.3. The Morgan fingerprint density at radius 3 is 0.583 bits per heavy atom. The lowest BCUT2D eigenvalue weighted by Gasteiger charge is -2.37. The molecule has 4 aliphatic heterocycles. The Hall–Kier alpha value is -3.16. The van der Waals surface area contributed by atoms with E-state index < -0.39 is 34.4 Å². The summed E-state index contributed by atoms with van der Waals surface area (Å²) in [7, 11) is -7.97. The first-order valence-electron chi connectivity index (χ1n) is 32.8. The molecule has 0 aromatic heterocycles. The second-order valence-corrected chi connectivity index (χ2v) is 29.1. The number of hydrogen-bond donors (Lipinski definition) is 0. The van der Waals surface area contributed by atoms with Crippen LogP contribution in [0.3, 0.4) is 0 Å². The van der Waals surface area contributed by atoms with Gasteiger partial charge in [0, 0.05) is 92.4 Å². The summed E-state index contributed by atoms with van der Waals surface area (Å²) in [5.74, 6) is 5.05. The standard InChI is InChI=1S/C68H100O12P4/c1-13-17-21-25-29-33-49-53-37-55-50(34-30-26-22-18-14-2)57-39-59-52(36-32-28-24-20-16-4)60-40-58-51(35-31-27-23-19-15-3)56-38-54(49)62-42-64(56)76-83(71-47(9)10)78-66(58)44-68(60)80-84(72-48(11)12)79-67(59)43-65(57)77-82(70-46(7)8)75-63(55)41-61(53)73-81(74-62)69-45(5)6/h37-52H,13-36H2,1-12H3. The molecule has 4 heterocycles. The zero-order valence-electron chi connectivity index (χ0n) is 52.9. The molecule has 5 aliphatic rings. The highest BCUT2D eigenvalue weighted by molar-refractivity contribution is 7.43. The van der Waals surface area contributed by atoms with Crippen LogP contribution in [0.2, 0.25) is 0 Å². The highest BCUT2D eigenvalue weighted by Crippen LogP contribution is 2.63. The first-order valence-corrected chi connectivity index (χ1v) is 37.2. The largest absolute Gasteiger partial charge is 0.463 e. The van der Waals surface area contributed by atoms with E-state index in [0.29, 0.717) is 46.0 Å². The fraction of sp³-hybridized carbons (Fsp3) is 0.647. The Morgan fingerprint density at radius 1 is 0.262 bits per heavy atom. The molecule has 12 nitrogen and oxygen atoms in total. The quantitative estimate of drug-likeness (QED) is 0.0343. The molecule has 0 N–H and O–H groups in total. The molecule has 0 amide bonds. The highest BCUT2D eigenvalue weighted by atomic mass is 31.2. The van der Waals surface area contributed by atoms with Crippen LogP contribution in [0.25, 0.3) is 0 Å². The molecule has 4 aromatic carbocycles. The van der Waals surface area contributed by atoms with Crippen molar-refractivity contribution in [2.45, 2.75) is 285 Å². The number of rotatable bonds is 32. The van der Waals surface area contributed by atoms with Crippen LogP contribution in [-0.4, -0.2) is 24.4 Å². The van der Waals surface area contributed by atoms with Gasteiger partial charge in [0.25, 0.3) is 0 Å². The predicted molar refractivity (Wildman–Crippen MR) is 344 cm³/mol. The van der Waals surface area contributed by atoms with E-state index in [-0.39, 0.29) is 48.1 Å². The van der Waals surface area contributed by atoms with Gasteiger partial charge in [0.2, 0.25) is 0 Å². The lowest BCUT2D eigenvalue weighted by molar-refractivity contribution is 0.205. The monoisotopic (exact) mass is 1230 g/mol. The van der Waals surface area contributed by atoms with Crippen LogP contribution in [0, 0.1) is 0 Å². The highest BCUT2D eigenvalue weighted by Gasteiger charge is 2.42. The Balaban J connectivity index is 1.42. The lowest BCUT2D eigenvalue weighted by Crippen LogP contribution is -2.20. The molecule has 464 valence electrons. The number of benzene rings is 4. The summed E-state index contributed by atoms with van der Waals surface area (Å²) in [6.45, 7) is 25.4. The minimum atomic E-state index is -1.99. The van der Waals surface area contributed by atoms with E-state index in [1.807, 2.05) is 55.4 Å². The Kier molecular flexibility index (Phi) is 24.8. The van der Waals surface area contributed by atoms with Gasteiger partial charge in [0.15, 0.2) is 0 Å². The molecular formula is C68H100O12P4. The summed E-state index contributed by atoms with van der Waals surface area (Å²) in [5.41, 5.74) is 8.85. The zero-order valence-corrected chi connectivity index (χ0v) is 56.5. The molecular weight excluding hydrogens is 1130 g/mol. The van der Waals surface area contributed by atoms with Crippen LogP contribution in [0.1, 0.15) is 305 Å². The van der Waals surface area contributed by atoms with Crippen LogP contribution in [0.4, 0.5) is 0 Å². The van der Waals surface area contributed by atoms with Gasteiger partial charge in [-0.25, -0.2) is 0 Å². The third-order valence-corrected chi connectivity index (χ3v) is 21.7. The van der Waals surface area contributed by atoms with Gasteiger partial charge in [-0.15, -0.1) is 0 Å². The van der Waals surface area contributed by atoms with Gasteiger partial charge in [-0.1, -0.05) is 156 Å². The molecule has 0 saturated heterocycles. The van der Waals surface area contributed by atoms with Gasteiger partial charge in [-0.05, 0) is 105 Å². The molecule has 4 aromatic rings. The molecule has 8 bridgehead atoms. The van der Waals surface area contributed by atoms with E-state index >= 15 is 0 Å². The van der Waals surface area contributed by atoms with Crippen molar-refractivity contribution in [2.75, 3.05) is 0 Å². The summed E-state index contributed by atoms with van der Waals surface area (Å²) >= 11 is 0. The Morgan fingerprint density at radius 2 is 0.429 bits per heavy atom. The topological polar surface area (TPSA) is 111 Å². The average molecular weight is 1230 g/mol. The maximum absolute atomic E-state index is 7.21. The van der Waals surface area contributed by atoms with Crippen LogP contribution in [-0.2, 0) is 18.1 Å². The Bertz CT molecular complexity index is 2250. The van der Waals surface area contributed by atoms with E-state index in [1.165, 1.54) is 77.0 Å². The van der Waals surface area contributed by atoms with Crippen molar-refractivity contribution >= 4 is 34.4 Å². The molecule has 16 heteroatoms. The van der Waals surface area contributed by atoms with E-state index in [4.69, 9.17) is 54.3 Å². The van der Waals surface area contributed by atoms with E-state index in [1.54, 1.807) is 0 Å². The minimum Gasteiger partial charge on any atom is -0.417 e. The molecule has 0 fully saturated rings. The fourth-order valence-electron chi connectivity index (χ4n) is 12.5. The van der Waals surface area contributed by atoms with Crippen molar-refractivity contribution in [3.63, 3.8) is 0 Å². The van der Waals surface area contributed by atoms with E-state index in [0.717, 1.165) is 122 Å². The molecule has 0 saturated carbocycles. The second kappa shape index (κ2) is 31.8. The maximum atomic E-state index is 7.21. The zero-order chi connectivity index (χ0) is 59.3. The average Bonchev–Trinajstić information content (AvgIpc) is 2.96. The third kappa shape index (κ3) is 16.8. The van der Waals surface area contributed by atoms with Crippen molar-refractivity contribution in [2.24, 2.45) is 0 Å². The van der Waals surface area contributed by atoms with Crippen molar-refractivity contribution in [3.05, 3.63) is 93.0 Å². The SMILES string of the molecule is CCCCCCCC1c2cc3c4cc2OP(OC(C)C)Oc2cc5c(cc21)C(CCCCCCC)c1cc2c(cc1OP(OC(C)C)O5)OP(OC(C)C)Oc1cc(c(cc1C2CCCCCCC)C3CCCCCCC)OP(OC(C)C)O4. The van der Waals surface area contributed by atoms with E-state index in [2.05, 4.69) is 76.2 Å². The van der Waals surface area contributed by atoms with Gasteiger partial charge in [0.1, 0.15) is 46.0 Å². The molecule has 0 atom stereocenters. The molecule has 0 radical (unpaired) electrons. The third-order valence-electron chi connectivity index (χ3n) is 16.5. The van der Waals surface area contributed by atoms with Crippen molar-refractivity contribution in [3.8, 4) is 46.0 Å². The summed E-state index contributed by atoms with van der Waals surface area (Å²) in [5, 5.41) is 0. The molecule has 9 rings (SSSR count). The van der Waals surface area contributed by atoms with E-state index in [9.17, 15) is 0 Å². The van der Waals surface area contributed by atoms with Crippen molar-refractivity contribution in [1.82, 2.24) is 0 Å². The van der Waals surface area contributed by atoms with Crippen LogP contribution in [0.5, 0.6) is 46.0 Å². The molecule has 1 aliphatic carbocycles. The fourth-order valence-corrected chi connectivity index (χ4v) is 16.9. The first-order chi connectivity index (χ1) is 40.7. The van der Waals surface area contributed by atoms with Crippen molar-refractivity contribution < 1.29 is 54.3 Å². The normalized spacial score (nSPS) is 21.7. The Labute approximate surface area is 510 Å². The number of hydrogen-bond acceptors (Lipinski definition) is 12. The second-order valence-electron chi connectivity index (χ2n) is 25.0. The molecule has 0 unspecified atom stereocenters. The predicted octanol–water partition coefficient (Wildman–Crippen LogP) is 23.7. The van der Waals surface area contributed by atoms with Gasteiger partial charge in [-0.2, -0.15) is 0 Å². The van der Waals surface area contributed by atoms with Crippen molar-refractivity contribution in [1.29, 1.82) is 0 Å². The summed E-state index contributed by atoms with van der Waals surface area (Å²) in [4.78, 5) is 0. The molecule has 84 heavy (non-hydrogen) atoms. The maximum Gasteiger partial charge on any atom is 0.463 e. The minimum absolute atomic E-state index is 0.128. The smallest absolute Gasteiger partial charge is 0.417 e. The van der Waals surface area contributed by atoms with Gasteiger partial charge >= 0.3 is 34.4 Å². The lowest BCUT2D eigenvalue weighted by atomic mass is 9.76. The summed E-state index contributed by atoms with van der Waals surface area (Å²) < 4.78 is 84.4. The summed E-state index contributed by atoms with van der Waals surface area (Å²) in [6.07, 6.45) is 25.6. The van der Waals surface area contributed by atoms with Gasteiger partial charge in [-0.3, -0.25) is 18.1 Å². The van der Waals surface area contributed by atoms with Gasteiger partial charge < -0.3 is 36.2 Å². The summed E-state index contributed by atoms with van der Waals surface area (Å²) in [6, 6.07) is 18.3. The van der Waals surface area contributed by atoms with Crippen LogP contribution >= 0.6 is 34.4 Å². The van der Waals surface area contributed by atoms with Crippen LogP contribution < -0.4 is 36.2 Å². The van der Waals surface area contributed by atoms with Crippen LogP contribution in [0.15, 0.2) is 48.5 Å². The van der Waals surface area contributed by atoms with Gasteiger partial charge in [0.05, 0.1) is 24.4 Å². The molecule has 0 spiro atoms. The number of unbranched alkanes of at least 4 members (excludes halogenated alkanes) is 16.